The quantitative estimate of drug-likeness (QED) is 0.726. The molecule has 0 heterocycles. The third-order valence-corrected chi connectivity index (χ3v) is 3.18. The van der Waals surface area contributed by atoms with Crippen LogP contribution in [0.15, 0.2) is 18.2 Å². The van der Waals surface area contributed by atoms with E-state index in [4.69, 9.17) is 4.74 Å². The molecule has 0 saturated heterocycles. The fourth-order valence-corrected chi connectivity index (χ4v) is 1.94. The number of ketones is 1. The molecule has 0 atom stereocenters. The topological polar surface area (TPSA) is 26.3 Å². The van der Waals surface area contributed by atoms with Crippen molar-refractivity contribution in [1.82, 2.24) is 0 Å². The van der Waals surface area contributed by atoms with Crippen LogP contribution in [0.4, 0.5) is 0 Å². The molecule has 1 aromatic rings. The van der Waals surface area contributed by atoms with Crippen molar-refractivity contribution in [3.05, 3.63) is 34.9 Å². The summed E-state index contributed by atoms with van der Waals surface area (Å²) < 4.78 is 5.53. The predicted octanol–water partition coefficient (Wildman–Crippen LogP) is 3.06. The molecule has 2 heteroatoms. The number of ether oxygens (including phenoxy) is 1. The van der Waals surface area contributed by atoms with Crippen molar-refractivity contribution in [1.29, 1.82) is 0 Å². The lowest BCUT2D eigenvalue weighted by Crippen LogP contribution is -2.25. The van der Waals surface area contributed by atoms with Gasteiger partial charge in [0.05, 0.1) is 6.10 Å². The molecule has 86 valence electrons. The highest BCUT2D eigenvalue weighted by Crippen LogP contribution is 2.22. The molecule has 0 bridgehead atoms. The maximum Gasteiger partial charge on any atom is 0.188 e. The Balaban J connectivity index is 1.96. The first-order valence-electron chi connectivity index (χ1n) is 5.89. The number of benzene rings is 1. The summed E-state index contributed by atoms with van der Waals surface area (Å²) in [5.74, 6) is 0.101. The zero-order valence-electron chi connectivity index (χ0n) is 9.95. The van der Waals surface area contributed by atoms with Crippen LogP contribution >= 0.6 is 0 Å². The van der Waals surface area contributed by atoms with E-state index in [1.54, 1.807) is 0 Å². The first-order chi connectivity index (χ1) is 7.66. The minimum atomic E-state index is 0.101. The molecule has 1 saturated carbocycles. The van der Waals surface area contributed by atoms with Gasteiger partial charge in [0.15, 0.2) is 5.78 Å². The SMILES string of the molecule is Cc1ccc(C(=O)COC2CCC2)c(C)c1. The Bertz CT molecular complexity index is 392. The van der Waals surface area contributed by atoms with E-state index in [0.717, 1.165) is 24.0 Å². The molecular formula is C14H18O2. The number of carbonyl (C=O) groups is 1. The molecule has 2 nitrogen and oxygen atoms in total. The van der Waals surface area contributed by atoms with Crippen molar-refractivity contribution in [3.63, 3.8) is 0 Å². The van der Waals surface area contributed by atoms with E-state index in [-0.39, 0.29) is 12.4 Å². The van der Waals surface area contributed by atoms with Gasteiger partial charge in [-0.2, -0.15) is 0 Å². The number of carbonyl (C=O) groups excluding carboxylic acids is 1. The third-order valence-electron chi connectivity index (χ3n) is 3.18. The van der Waals surface area contributed by atoms with E-state index in [1.807, 2.05) is 32.0 Å². The van der Waals surface area contributed by atoms with E-state index in [9.17, 15) is 4.79 Å². The summed E-state index contributed by atoms with van der Waals surface area (Å²) in [6.07, 6.45) is 3.79. The second-order valence-electron chi connectivity index (χ2n) is 4.61. The van der Waals surface area contributed by atoms with Gasteiger partial charge in [0.1, 0.15) is 6.61 Å². The van der Waals surface area contributed by atoms with Gasteiger partial charge in [-0.1, -0.05) is 23.8 Å². The highest BCUT2D eigenvalue weighted by molar-refractivity contribution is 5.98. The Morgan fingerprint density at radius 3 is 2.69 bits per heavy atom. The van der Waals surface area contributed by atoms with Crippen LogP contribution in [-0.4, -0.2) is 18.5 Å². The standard InChI is InChI=1S/C14H18O2/c1-10-6-7-13(11(2)8-10)14(15)9-16-12-4-3-5-12/h6-8,12H,3-5,9H2,1-2H3. The van der Waals surface area contributed by atoms with E-state index in [1.165, 1.54) is 12.0 Å². The van der Waals surface area contributed by atoms with Gasteiger partial charge in [0.2, 0.25) is 0 Å². The van der Waals surface area contributed by atoms with Crippen LogP contribution in [0.3, 0.4) is 0 Å². The average molecular weight is 218 g/mol. The Hall–Kier alpha value is -1.15. The van der Waals surface area contributed by atoms with Crippen LogP contribution < -0.4 is 0 Å². The fourth-order valence-electron chi connectivity index (χ4n) is 1.94. The normalized spacial score (nSPS) is 15.9. The Morgan fingerprint density at radius 2 is 2.12 bits per heavy atom. The number of rotatable bonds is 4. The van der Waals surface area contributed by atoms with Gasteiger partial charge in [0.25, 0.3) is 0 Å². The lowest BCUT2D eigenvalue weighted by molar-refractivity contribution is 0.00728. The molecule has 1 aromatic carbocycles. The predicted molar refractivity (Wildman–Crippen MR) is 63.8 cm³/mol. The lowest BCUT2D eigenvalue weighted by atomic mass is 9.96. The molecule has 0 aromatic heterocycles. The summed E-state index contributed by atoms with van der Waals surface area (Å²) in [5, 5.41) is 0. The number of Topliss-reactive ketones (excluding diaryl/α,β-unsaturated/α-hetero) is 1. The molecule has 16 heavy (non-hydrogen) atoms. The molecular weight excluding hydrogens is 200 g/mol. The second kappa shape index (κ2) is 4.79. The van der Waals surface area contributed by atoms with Crippen molar-refractivity contribution < 1.29 is 9.53 Å². The molecule has 0 N–H and O–H groups in total. The van der Waals surface area contributed by atoms with Gasteiger partial charge in [-0.3, -0.25) is 4.79 Å². The van der Waals surface area contributed by atoms with Crippen molar-refractivity contribution in [2.45, 2.75) is 39.2 Å². The second-order valence-corrected chi connectivity index (χ2v) is 4.61. The first-order valence-corrected chi connectivity index (χ1v) is 5.89. The molecule has 0 aliphatic heterocycles. The number of hydrogen-bond acceptors (Lipinski definition) is 2. The van der Waals surface area contributed by atoms with E-state index >= 15 is 0 Å². The monoisotopic (exact) mass is 218 g/mol. The Kier molecular flexibility index (Phi) is 3.39. The highest BCUT2D eigenvalue weighted by Gasteiger charge is 2.19. The maximum atomic E-state index is 11.9. The van der Waals surface area contributed by atoms with Gasteiger partial charge >= 0.3 is 0 Å². The van der Waals surface area contributed by atoms with Crippen molar-refractivity contribution in [2.75, 3.05) is 6.61 Å². The van der Waals surface area contributed by atoms with E-state index in [2.05, 4.69) is 0 Å². The van der Waals surface area contributed by atoms with Crippen LogP contribution in [0.25, 0.3) is 0 Å². The zero-order chi connectivity index (χ0) is 11.5. The summed E-state index contributed by atoms with van der Waals surface area (Å²) in [4.78, 5) is 11.9. The van der Waals surface area contributed by atoms with E-state index in [0.29, 0.717) is 6.10 Å². The summed E-state index contributed by atoms with van der Waals surface area (Å²) in [6.45, 7) is 4.24. The largest absolute Gasteiger partial charge is 0.370 e. The van der Waals surface area contributed by atoms with Crippen LogP contribution in [0, 0.1) is 13.8 Å². The fraction of sp³-hybridized carbons (Fsp3) is 0.500. The van der Waals surface area contributed by atoms with Crippen LogP contribution in [-0.2, 0) is 4.74 Å². The summed E-state index contributed by atoms with van der Waals surface area (Å²) in [5.41, 5.74) is 3.03. The molecule has 1 aliphatic rings. The minimum absolute atomic E-state index is 0.101. The lowest BCUT2D eigenvalue weighted by Gasteiger charge is -2.25. The molecule has 1 aliphatic carbocycles. The Labute approximate surface area is 96.6 Å². The van der Waals surface area contributed by atoms with Gasteiger partial charge < -0.3 is 4.74 Å². The molecule has 1 fully saturated rings. The number of aryl methyl sites for hydroxylation is 2. The van der Waals surface area contributed by atoms with Crippen LogP contribution in [0.2, 0.25) is 0 Å². The Morgan fingerprint density at radius 1 is 1.38 bits per heavy atom. The number of hydrogen-bond donors (Lipinski definition) is 0. The molecule has 0 spiro atoms. The zero-order valence-corrected chi connectivity index (χ0v) is 9.95. The van der Waals surface area contributed by atoms with Gasteiger partial charge in [-0.05, 0) is 38.7 Å². The van der Waals surface area contributed by atoms with Crippen molar-refractivity contribution in [2.24, 2.45) is 0 Å². The van der Waals surface area contributed by atoms with Gasteiger partial charge in [-0.15, -0.1) is 0 Å². The summed E-state index contributed by atoms with van der Waals surface area (Å²) >= 11 is 0. The summed E-state index contributed by atoms with van der Waals surface area (Å²) in [7, 11) is 0. The highest BCUT2D eigenvalue weighted by atomic mass is 16.5. The van der Waals surface area contributed by atoms with Crippen molar-refractivity contribution in [3.8, 4) is 0 Å². The van der Waals surface area contributed by atoms with Crippen LogP contribution in [0.1, 0.15) is 40.7 Å². The average Bonchev–Trinajstić information content (AvgIpc) is 2.14. The smallest absolute Gasteiger partial charge is 0.188 e. The molecule has 0 radical (unpaired) electrons. The van der Waals surface area contributed by atoms with Gasteiger partial charge in [-0.25, -0.2) is 0 Å². The molecule has 0 unspecified atom stereocenters. The van der Waals surface area contributed by atoms with Gasteiger partial charge in [0, 0.05) is 5.56 Å². The minimum Gasteiger partial charge on any atom is -0.370 e. The summed E-state index contributed by atoms with van der Waals surface area (Å²) in [6, 6.07) is 5.91. The third kappa shape index (κ3) is 2.50. The maximum absolute atomic E-state index is 11.9. The molecule has 2 rings (SSSR count). The van der Waals surface area contributed by atoms with Crippen molar-refractivity contribution >= 4 is 5.78 Å². The van der Waals surface area contributed by atoms with E-state index < -0.39 is 0 Å². The first kappa shape index (κ1) is 11.3. The molecule has 0 amide bonds. The van der Waals surface area contributed by atoms with Crippen LogP contribution in [0.5, 0.6) is 0 Å².